The fourth-order valence-corrected chi connectivity index (χ4v) is 0.237. The highest BCUT2D eigenvalue weighted by atomic mass is 28.2. The third kappa shape index (κ3) is 2.75. The van der Waals surface area contributed by atoms with E-state index in [2.05, 4.69) is 0 Å². The van der Waals surface area contributed by atoms with Crippen LogP contribution in [0.3, 0.4) is 0 Å². The largest absolute Gasteiger partial charge is 0.429 e. The highest BCUT2D eigenvalue weighted by molar-refractivity contribution is 6.30. The van der Waals surface area contributed by atoms with Crippen molar-refractivity contribution in [3.05, 3.63) is 0 Å². The average Bonchev–Trinajstić information content (AvgIpc) is 1.68. The van der Waals surface area contributed by atoms with Crippen LogP contribution in [0.15, 0.2) is 0 Å². The lowest BCUT2D eigenvalue weighted by Gasteiger charge is -2.15. The molecule has 0 fully saturated rings. The van der Waals surface area contributed by atoms with Crippen molar-refractivity contribution in [1.29, 1.82) is 0 Å². The van der Waals surface area contributed by atoms with Crippen LogP contribution in [0.4, 0.5) is 0 Å². The minimum atomic E-state index is -0.833. The molecular formula is C3H10N2OSi. The van der Waals surface area contributed by atoms with Crippen molar-refractivity contribution in [3.8, 4) is 0 Å². The first kappa shape index (κ1) is 7.10. The summed E-state index contributed by atoms with van der Waals surface area (Å²) in [4.78, 5) is 8.37. The number of rotatable bonds is 2. The van der Waals surface area contributed by atoms with Crippen LogP contribution in [0.2, 0.25) is 0 Å². The molecule has 0 spiro atoms. The lowest BCUT2D eigenvalue weighted by molar-refractivity contribution is 0.493. The summed E-state index contributed by atoms with van der Waals surface area (Å²) in [5.74, 6) is 0. The molecule has 0 amide bonds. The molecule has 0 bridgehead atoms. The molecule has 0 saturated carbocycles. The standard InChI is InChI=1S/C3H10N2OSi/c1-2-3(4,5)7-6/h6H,2,4-5H2,1H3. The molecule has 42 valence electrons. The van der Waals surface area contributed by atoms with Crippen LogP contribution in [0.25, 0.3) is 0 Å². The first-order valence-electron chi connectivity index (χ1n) is 2.11. The second-order valence-electron chi connectivity index (χ2n) is 1.51. The Morgan fingerprint density at radius 3 is 2.14 bits per heavy atom. The van der Waals surface area contributed by atoms with E-state index in [4.69, 9.17) is 16.3 Å². The summed E-state index contributed by atoms with van der Waals surface area (Å²) < 4.78 is 0. The van der Waals surface area contributed by atoms with Crippen molar-refractivity contribution in [3.63, 3.8) is 0 Å². The molecule has 0 aromatic rings. The van der Waals surface area contributed by atoms with Crippen molar-refractivity contribution in [2.45, 2.75) is 18.6 Å². The number of hydrogen-bond donors (Lipinski definition) is 3. The molecule has 2 radical (unpaired) electrons. The van der Waals surface area contributed by atoms with Crippen molar-refractivity contribution in [1.82, 2.24) is 0 Å². The topological polar surface area (TPSA) is 72.3 Å². The van der Waals surface area contributed by atoms with Crippen molar-refractivity contribution in [2.75, 3.05) is 0 Å². The van der Waals surface area contributed by atoms with Crippen LogP contribution in [0, 0.1) is 0 Å². The van der Waals surface area contributed by atoms with E-state index < -0.39 is 5.29 Å². The van der Waals surface area contributed by atoms with E-state index in [-0.39, 0.29) is 9.76 Å². The zero-order valence-electron chi connectivity index (χ0n) is 4.31. The quantitative estimate of drug-likeness (QED) is 0.308. The second kappa shape index (κ2) is 2.42. The maximum absolute atomic E-state index is 8.37. The normalized spacial score (nSPS) is 12.0. The molecule has 0 aromatic carbocycles. The van der Waals surface area contributed by atoms with Gasteiger partial charge in [-0.15, -0.1) is 0 Å². The predicted molar refractivity (Wildman–Crippen MR) is 29.4 cm³/mol. The van der Waals surface area contributed by atoms with E-state index in [0.717, 1.165) is 0 Å². The van der Waals surface area contributed by atoms with Crippen LogP contribution in [0.1, 0.15) is 13.3 Å². The summed E-state index contributed by atoms with van der Waals surface area (Å²) in [5, 5.41) is -0.833. The van der Waals surface area contributed by atoms with Gasteiger partial charge in [-0.2, -0.15) is 0 Å². The highest BCUT2D eigenvalue weighted by Crippen LogP contribution is 1.89. The molecule has 3 nitrogen and oxygen atoms in total. The maximum atomic E-state index is 8.37. The van der Waals surface area contributed by atoms with Crippen LogP contribution in [0.5, 0.6) is 0 Å². The highest BCUT2D eigenvalue weighted by Gasteiger charge is 2.15. The Labute approximate surface area is 45.6 Å². The molecule has 0 atom stereocenters. The van der Waals surface area contributed by atoms with E-state index in [1.165, 1.54) is 0 Å². The van der Waals surface area contributed by atoms with E-state index in [9.17, 15) is 0 Å². The number of hydrogen-bond acceptors (Lipinski definition) is 3. The lowest BCUT2D eigenvalue weighted by Crippen LogP contribution is -2.54. The number of nitrogens with two attached hydrogens (primary N) is 2. The third-order valence-electron chi connectivity index (χ3n) is 0.793. The summed E-state index contributed by atoms with van der Waals surface area (Å²) in [6.07, 6.45) is 0.613. The molecule has 0 heterocycles. The van der Waals surface area contributed by atoms with Gasteiger partial charge in [-0.1, -0.05) is 6.92 Å². The van der Waals surface area contributed by atoms with Gasteiger partial charge in [-0.25, -0.2) is 0 Å². The molecule has 0 unspecified atom stereocenters. The molecule has 0 aliphatic heterocycles. The van der Waals surface area contributed by atoms with Crippen molar-refractivity contribution >= 4 is 9.76 Å². The van der Waals surface area contributed by atoms with Crippen LogP contribution >= 0.6 is 0 Å². The smallest absolute Gasteiger partial charge is 0.265 e. The predicted octanol–water partition coefficient (Wildman–Crippen LogP) is -1.42. The van der Waals surface area contributed by atoms with Gasteiger partial charge in [-0.3, -0.25) is 0 Å². The monoisotopic (exact) mass is 118 g/mol. The Hall–Kier alpha value is 0.0969. The molecule has 4 heteroatoms. The summed E-state index contributed by atoms with van der Waals surface area (Å²) in [6.45, 7) is 1.84. The second-order valence-corrected chi connectivity index (χ2v) is 2.66. The van der Waals surface area contributed by atoms with Gasteiger partial charge in [0.1, 0.15) is 0 Å². The van der Waals surface area contributed by atoms with Crippen molar-refractivity contribution < 1.29 is 4.80 Å². The molecule has 0 aliphatic rings. The average molecular weight is 118 g/mol. The summed E-state index contributed by atoms with van der Waals surface area (Å²) in [5.41, 5.74) is 10.5. The van der Waals surface area contributed by atoms with Gasteiger partial charge in [0.15, 0.2) is 0 Å². The SMILES string of the molecule is CCC(N)(N)[Si]O. The van der Waals surface area contributed by atoms with E-state index in [1.54, 1.807) is 0 Å². The molecule has 0 aromatic heterocycles. The van der Waals surface area contributed by atoms with E-state index in [0.29, 0.717) is 6.42 Å². The lowest BCUT2D eigenvalue weighted by atomic mass is 10.4. The van der Waals surface area contributed by atoms with E-state index >= 15 is 0 Å². The zero-order valence-corrected chi connectivity index (χ0v) is 5.31. The minimum absolute atomic E-state index is 0.360. The molecule has 0 saturated heterocycles. The minimum Gasteiger partial charge on any atom is -0.429 e. The summed E-state index contributed by atoms with van der Waals surface area (Å²) in [7, 11) is -0.360. The summed E-state index contributed by atoms with van der Waals surface area (Å²) in [6, 6.07) is 0. The van der Waals surface area contributed by atoms with Gasteiger partial charge in [0.2, 0.25) is 0 Å². The molecule has 7 heavy (non-hydrogen) atoms. The zero-order chi connectivity index (χ0) is 5.91. The van der Waals surface area contributed by atoms with Gasteiger partial charge < -0.3 is 16.3 Å². The van der Waals surface area contributed by atoms with Crippen LogP contribution in [-0.4, -0.2) is 19.8 Å². The Bertz CT molecular complexity index is 50.9. The van der Waals surface area contributed by atoms with Crippen LogP contribution in [-0.2, 0) is 0 Å². The van der Waals surface area contributed by atoms with Gasteiger partial charge in [0.25, 0.3) is 9.76 Å². The fourth-order valence-electron chi connectivity index (χ4n) is 0.0791. The maximum Gasteiger partial charge on any atom is 0.265 e. The Kier molecular flexibility index (Phi) is 2.45. The van der Waals surface area contributed by atoms with Gasteiger partial charge in [-0.05, 0) is 6.42 Å². The van der Waals surface area contributed by atoms with E-state index in [1.807, 2.05) is 6.92 Å². The van der Waals surface area contributed by atoms with Gasteiger partial charge in [0.05, 0.1) is 5.29 Å². The fraction of sp³-hybridized carbons (Fsp3) is 1.00. The molecular weight excluding hydrogens is 108 g/mol. The third-order valence-corrected chi connectivity index (χ3v) is 1.56. The molecule has 0 aliphatic carbocycles. The summed E-state index contributed by atoms with van der Waals surface area (Å²) >= 11 is 0. The molecule has 5 N–H and O–H groups in total. The Balaban J connectivity index is 3.36. The van der Waals surface area contributed by atoms with Crippen molar-refractivity contribution in [2.24, 2.45) is 11.5 Å². The van der Waals surface area contributed by atoms with Gasteiger partial charge in [0, 0.05) is 0 Å². The molecule has 0 rings (SSSR count). The Morgan fingerprint density at radius 2 is 2.14 bits per heavy atom. The first-order valence-corrected chi connectivity index (χ1v) is 3.06. The van der Waals surface area contributed by atoms with Gasteiger partial charge >= 0.3 is 0 Å². The Morgan fingerprint density at radius 1 is 1.71 bits per heavy atom. The van der Waals surface area contributed by atoms with Crippen LogP contribution < -0.4 is 11.5 Å². The first-order chi connectivity index (χ1) is 3.12.